The lowest BCUT2D eigenvalue weighted by Gasteiger charge is -2.29. The third kappa shape index (κ3) is 6.15. The van der Waals surface area contributed by atoms with E-state index in [4.69, 9.17) is 27.9 Å². The molecule has 0 heterocycles. The largest absolute Gasteiger partial charge is 0.484 e. The Hall–Kier alpha value is -2.24. The fraction of sp³-hybridized carbons (Fsp3) is 0.300. The number of halogens is 2. The van der Waals surface area contributed by atoms with Crippen LogP contribution in [0.25, 0.3) is 0 Å². The molecule has 1 N–H and O–H groups in total. The lowest BCUT2D eigenvalue weighted by Crippen LogP contribution is -2.49. The van der Waals surface area contributed by atoms with Crippen LogP contribution in [-0.4, -0.2) is 35.9 Å². The minimum atomic E-state index is -0.670. The van der Waals surface area contributed by atoms with Gasteiger partial charge in [-0.05, 0) is 43.7 Å². The molecule has 144 valence electrons. The normalized spacial score (nSPS) is 11.6. The molecule has 2 aromatic carbocycles. The highest BCUT2D eigenvalue weighted by Crippen LogP contribution is 2.20. The van der Waals surface area contributed by atoms with E-state index in [0.29, 0.717) is 22.3 Å². The summed E-state index contributed by atoms with van der Waals surface area (Å²) in [5.74, 6) is -0.0755. The van der Waals surface area contributed by atoms with Crippen molar-refractivity contribution in [2.45, 2.75) is 26.4 Å². The average molecular weight is 409 g/mol. The van der Waals surface area contributed by atoms with E-state index in [9.17, 15) is 9.59 Å². The van der Waals surface area contributed by atoms with E-state index in [1.54, 1.807) is 37.3 Å². The van der Waals surface area contributed by atoms with Crippen molar-refractivity contribution >= 4 is 35.0 Å². The van der Waals surface area contributed by atoms with Crippen molar-refractivity contribution in [3.8, 4) is 5.75 Å². The van der Waals surface area contributed by atoms with Crippen LogP contribution in [0.1, 0.15) is 19.4 Å². The maximum absolute atomic E-state index is 12.8. The van der Waals surface area contributed by atoms with Gasteiger partial charge in [0.1, 0.15) is 11.8 Å². The zero-order chi connectivity index (χ0) is 19.8. The Morgan fingerprint density at radius 1 is 1.15 bits per heavy atom. The summed E-state index contributed by atoms with van der Waals surface area (Å²) in [6, 6.07) is 13.3. The number of rotatable bonds is 8. The highest BCUT2D eigenvalue weighted by Gasteiger charge is 2.26. The fourth-order valence-corrected chi connectivity index (χ4v) is 2.88. The summed E-state index contributed by atoms with van der Waals surface area (Å²) in [4.78, 5) is 26.6. The Kier molecular flexibility index (Phi) is 7.95. The predicted octanol–water partition coefficient (Wildman–Crippen LogP) is 3.93. The summed E-state index contributed by atoms with van der Waals surface area (Å²) in [7, 11) is 0. The number of ether oxygens (including phenoxy) is 1. The van der Waals surface area contributed by atoms with Gasteiger partial charge in [0.15, 0.2) is 6.61 Å². The quantitative estimate of drug-likeness (QED) is 0.719. The summed E-state index contributed by atoms with van der Waals surface area (Å²) in [6.45, 7) is 3.98. The number of likely N-dealkylation sites (N-methyl/N-ethyl adjacent to an activating group) is 1. The van der Waals surface area contributed by atoms with Gasteiger partial charge in [0.25, 0.3) is 5.91 Å². The van der Waals surface area contributed by atoms with Crippen molar-refractivity contribution < 1.29 is 14.3 Å². The standard InChI is InChI=1S/C20H22Cl2N2O3/c1-3-23-20(26)14(2)24(12-15-7-4-5-10-18(15)22)19(25)13-27-17-9-6-8-16(21)11-17/h4-11,14H,3,12-13H2,1-2H3,(H,23,26)/t14-/m1/s1. The first kappa shape index (κ1) is 21.1. The molecule has 1 atom stereocenters. The van der Waals surface area contributed by atoms with E-state index < -0.39 is 6.04 Å². The number of nitrogens with zero attached hydrogens (tertiary/aromatic N) is 1. The minimum absolute atomic E-state index is 0.204. The molecule has 2 rings (SSSR count). The second-order valence-corrected chi connectivity index (χ2v) is 6.77. The second-order valence-electron chi connectivity index (χ2n) is 5.93. The van der Waals surface area contributed by atoms with E-state index >= 15 is 0 Å². The summed E-state index contributed by atoms with van der Waals surface area (Å²) in [6.07, 6.45) is 0. The molecule has 0 unspecified atom stereocenters. The van der Waals surface area contributed by atoms with Crippen LogP contribution < -0.4 is 10.1 Å². The first-order valence-corrected chi connectivity index (χ1v) is 9.37. The van der Waals surface area contributed by atoms with Crippen molar-refractivity contribution in [2.75, 3.05) is 13.2 Å². The van der Waals surface area contributed by atoms with Crippen LogP contribution in [0, 0.1) is 0 Å². The Labute approximate surface area is 169 Å². The van der Waals surface area contributed by atoms with E-state index in [0.717, 1.165) is 5.56 Å². The Bertz CT molecular complexity index is 798. The van der Waals surface area contributed by atoms with Crippen molar-refractivity contribution in [2.24, 2.45) is 0 Å². The number of hydrogen-bond acceptors (Lipinski definition) is 3. The van der Waals surface area contributed by atoms with Gasteiger partial charge in [-0.15, -0.1) is 0 Å². The third-order valence-electron chi connectivity index (χ3n) is 3.98. The summed E-state index contributed by atoms with van der Waals surface area (Å²) >= 11 is 12.2. The smallest absolute Gasteiger partial charge is 0.261 e. The van der Waals surface area contributed by atoms with Gasteiger partial charge in [0.05, 0.1) is 0 Å². The van der Waals surface area contributed by atoms with Crippen LogP contribution >= 0.6 is 23.2 Å². The molecule has 0 saturated heterocycles. The van der Waals surface area contributed by atoms with E-state index in [1.165, 1.54) is 4.90 Å². The lowest BCUT2D eigenvalue weighted by molar-refractivity contribution is -0.142. The van der Waals surface area contributed by atoms with Crippen LogP contribution in [0.4, 0.5) is 0 Å². The second kappa shape index (κ2) is 10.2. The fourth-order valence-electron chi connectivity index (χ4n) is 2.50. The topological polar surface area (TPSA) is 58.6 Å². The van der Waals surface area contributed by atoms with Gasteiger partial charge in [-0.2, -0.15) is 0 Å². The highest BCUT2D eigenvalue weighted by atomic mass is 35.5. The lowest BCUT2D eigenvalue weighted by atomic mass is 10.1. The molecule has 0 spiro atoms. The molecule has 0 fully saturated rings. The van der Waals surface area contributed by atoms with Crippen molar-refractivity contribution in [3.05, 3.63) is 64.1 Å². The molecule has 7 heteroatoms. The van der Waals surface area contributed by atoms with Gasteiger partial charge in [0, 0.05) is 23.1 Å². The molecule has 0 aliphatic rings. The van der Waals surface area contributed by atoms with Gasteiger partial charge >= 0.3 is 0 Å². The predicted molar refractivity (Wildman–Crippen MR) is 107 cm³/mol. The Balaban J connectivity index is 2.15. The first-order valence-electron chi connectivity index (χ1n) is 8.61. The monoisotopic (exact) mass is 408 g/mol. The van der Waals surface area contributed by atoms with E-state index in [1.807, 2.05) is 25.1 Å². The van der Waals surface area contributed by atoms with Gasteiger partial charge in [-0.25, -0.2) is 0 Å². The van der Waals surface area contributed by atoms with Gasteiger partial charge in [0.2, 0.25) is 5.91 Å². The summed E-state index contributed by atoms with van der Waals surface area (Å²) in [5, 5.41) is 3.79. The minimum Gasteiger partial charge on any atom is -0.484 e. The summed E-state index contributed by atoms with van der Waals surface area (Å²) in [5.41, 5.74) is 0.756. The molecule has 5 nitrogen and oxygen atoms in total. The van der Waals surface area contributed by atoms with Crippen LogP contribution in [0.15, 0.2) is 48.5 Å². The van der Waals surface area contributed by atoms with E-state index in [2.05, 4.69) is 5.32 Å². The SMILES string of the molecule is CCNC(=O)[C@@H](C)N(Cc1ccccc1Cl)C(=O)COc1cccc(Cl)c1. The van der Waals surface area contributed by atoms with Crippen LogP contribution in [-0.2, 0) is 16.1 Å². The highest BCUT2D eigenvalue weighted by molar-refractivity contribution is 6.31. The average Bonchev–Trinajstić information content (AvgIpc) is 2.65. The zero-order valence-electron chi connectivity index (χ0n) is 15.2. The number of nitrogens with one attached hydrogen (secondary N) is 1. The van der Waals surface area contributed by atoms with Crippen molar-refractivity contribution in [1.82, 2.24) is 10.2 Å². The maximum Gasteiger partial charge on any atom is 0.261 e. The van der Waals surface area contributed by atoms with Crippen LogP contribution in [0.3, 0.4) is 0 Å². The maximum atomic E-state index is 12.8. The molecule has 2 aromatic rings. The molecule has 0 aliphatic heterocycles. The van der Waals surface area contributed by atoms with Crippen molar-refractivity contribution in [1.29, 1.82) is 0 Å². The molecule has 0 saturated carbocycles. The molecule has 0 radical (unpaired) electrons. The molecule has 0 bridgehead atoms. The molecular weight excluding hydrogens is 387 g/mol. The van der Waals surface area contributed by atoms with Gasteiger partial charge in [-0.1, -0.05) is 47.5 Å². The molecule has 0 aromatic heterocycles. The van der Waals surface area contributed by atoms with Crippen LogP contribution in [0.5, 0.6) is 5.75 Å². The number of amides is 2. The first-order chi connectivity index (χ1) is 12.9. The molecule has 2 amide bonds. The Morgan fingerprint density at radius 2 is 1.89 bits per heavy atom. The molecule has 0 aliphatic carbocycles. The summed E-state index contributed by atoms with van der Waals surface area (Å²) < 4.78 is 5.55. The molecule has 27 heavy (non-hydrogen) atoms. The number of carbonyl (C=O) groups is 2. The number of carbonyl (C=O) groups excluding carboxylic acids is 2. The van der Waals surface area contributed by atoms with Crippen molar-refractivity contribution in [3.63, 3.8) is 0 Å². The van der Waals surface area contributed by atoms with E-state index in [-0.39, 0.29) is 25.0 Å². The third-order valence-corrected chi connectivity index (χ3v) is 4.58. The van der Waals surface area contributed by atoms with Crippen LogP contribution in [0.2, 0.25) is 10.0 Å². The molecular formula is C20H22Cl2N2O3. The zero-order valence-corrected chi connectivity index (χ0v) is 16.8. The Morgan fingerprint density at radius 3 is 2.56 bits per heavy atom. The van der Waals surface area contributed by atoms with Gasteiger partial charge < -0.3 is 15.0 Å². The van der Waals surface area contributed by atoms with Gasteiger partial charge in [-0.3, -0.25) is 9.59 Å². The number of benzene rings is 2. The number of hydrogen-bond donors (Lipinski definition) is 1.